The number of nitrogens with one attached hydrogen (secondary N) is 1. The molecule has 114 valence electrons. The van der Waals surface area contributed by atoms with Crippen LogP contribution in [0.1, 0.15) is 33.6 Å². The van der Waals surface area contributed by atoms with Crippen molar-refractivity contribution in [2.75, 3.05) is 12.1 Å². The predicted molar refractivity (Wildman–Crippen MR) is 78.8 cm³/mol. The molecule has 0 aromatic heterocycles. The molecule has 1 aromatic carbocycles. The number of rotatable bonds is 3. The highest BCUT2D eigenvalue weighted by Crippen LogP contribution is 2.45. The molecule has 1 aliphatic carbocycles. The molecule has 2 aliphatic rings. The summed E-state index contributed by atoms with van der Waals surface area (Å²) in [6, 6.07) is 3.35. The van der Waals surface area contributed by atoms with Crippen LogP contribution in [0.15, 0.2) is 12.1 Å². The van der Waals surface area contributed by atoms with Crippen molar-refractivity contribution in [1.82, 2.24) is 0 Å². The van der Waals surface area contributed by atoms with Gasteiger partial charge in [0.1, 0.15) is 5.69 Å². The molecule has 1 fully saturated rings. The van der Waals surface area contributed by atoms with Crippen molar-refractivity contribution in [1.29, 1.82) is 0 Å². The van der Waals surface area contributed by atoms with Crippen LogP contribution in [-0.2, 0) is 0 Å². The van der Waals surface area contributed by atoms with E-state index in [9.17, 15) is 10.1 Å². The maximum atomic E-state index is 11.3. The monoisotopic (exact) mass is 292 g/mol. The first-order valence-corrected chi connectivity index (χ1v) is 7.20. The van der Waals surface area contributed by atoms with E-state index in [2.05, 4.69) is 26.1 Å². The normalized spacial score (nSPS) is 25.9. The van der Waals surface area contributed by atoms with Gasteiger partial charge in [0.25, 0.3) is 5.69 Å². The van der Waals surface area contributed by atoms with Crippen molar-refractivity contribution in [3.63, 3.8) is 0 Å². The summed E-state index contributed by atoms with van der Waals surface area (Å²) in [5, 5.41) is 14.6. The molecule has 1 aliphatic heterocycles. The summed E-state index contributed by atoms with van der Waals surface area (Å²) < 4.78 is 10.5. The van der Waals surface area contributed by atoms with E-state index in [0.717, 1.165) is 12.8 Å². The summed E-state index contributed by atoms with van der Waals surface area (Å²) in [4.78, 5) is 10.9. The molecular weight excluding hydrogens is 272 g/mol. The lowest BCUT2D eigenvalue weighted by Gasteiger charge is -2.20. The van der Waals surface area contributed by atoms with Gasteiger partial charge in [-0.3, -0.25) is 10.1 Å². The van der Waals surface area contributed by atoms with Gasteiger partial charge in [0.2, 0.25) is 6.79 Å². The van der Waals surface area contributed by atoms with Gasteiger partial charge in [0.05, 0.1) is 11.0 Å². The number of hydrogen-bond acceptors (Lipinski definition) is 5. The fourth-order valence-electron chi connectivity index (χ4n) is 3.48. The second-order valence-electron chi connectivity index (χ2n) is 6.78. The maximum Gasteiger partial charge on any atom is 0.296 e. The quantitative estimate of drug-likeness (QED) is 0.681. The molecule has 2 atom stereocenters. The van der Waals surface area contributed by atoms with E-state index in [1.54, 1.807) is 6.07 Å². The molecule has 0 saturated heterocycles. The van der Waals surface area contributed by atoms with Crippen LogP contribution in [-0.4, -0.2) is 17.8 Å². The van der Waals surface area contributed by atoms with Gasteiger partial charge in [-0.1, -0.05) is 20.8 Å². The molecule has 3 rings (SSSR count). The van der Waals surface area contributed by atoms with Crippen LogP contribution in [0.5, 0.6) is 11.5 Å². The summed E-state index contributed by atoms with van der Waals surface area (Å²) in [5.74, 6) is 1.48. The highest BCUT2D eigenvalue weighted by Gasteiger charge is 2.37. The molecule has 0 radical (unpaired) electrons. The highest BCUT2D eigenvalue weighted by molar-refractivity contribution is 5.69. The lowest BCUT2D eigenvalue weighted by Crippen LogP contribution is -2.23. The Bertz CT molecular complexity index is 585. The Balaban J connectivity index is 1.90. The van der Waals surface area contributed by atoms with E-state index in [1.165, 1.54) is 6.07 Å². The largest absolute Gasteiger partial charge is 0.454 e. The van der Waals surface area contributed by atoms with Crippen LogP contribution in [0.4, 0.5) is 11.4 Å². The number of nitro groups is 1. The molecule has 6 heteroatoms. The SMILES string of the molecule is CC1CC(C)(C)CC1Nc1cc2c(cc1[N+](=O)[O-])OCO2. The first-order chi connectivity index (χ1) is 9.85. The third kappa shape index (κ3) is 2.62. The van der Waals surface area contributed by atoms with E-state index in [0.29, 0.717) is 23.1 Å². The van der Waals surface area contributed by atoms with Gasteiger partial charge < -0.3 is 14.8 Å². The van der Waals surface area contributed by atoms with Crippen LogP contribution in [0.2, 0.25) is 0 Å². The zero-order valence-electron chi connectivity index (χ0n) is 12.5. The van der Waals surface area contributed by atoms with Crippen LogP contribution in [0, 0.1) is 21.4 Å². The standard InChI is InChI=1S/C15H20N2O4/c1-9-6-15(2,3)7-11(9)16-10-4-13-14(21-8-20-13)5-12(10)17(18)19/h4-5,9,11,16H,6-8H2,1-3H3. The van der Waals surface area contributed by atoms with Crippen LogP contribution in [0.3, 0.4) is 0 Å². The van der Waals surface area contributed by atoms with Gasteiger partial charge in [-0.05, 0) is 24.2 Å². The third-order valence-electron chi connectivity index (χ3n) is 4.36. The number of hydrogen-bond donors (Lipinski definition) is 1. The lowest BCUT2D eigenvalue weighted by atomic mass is 9.91. The second-order valence-corrected chi connectivity index (χ2v) is 6.78. The number of ether oxygens (including phenoxy) is 2. The van der Waals surface area contributed by atoms with Gasteiger partial charge in [0.15, 0.2) is 11.5 Å². The number of nitro benzene ring substituents is 1. The van der Waals surface area contributed by atoms with Gasteiger partial charge in [-0.15, -0.1) is 0 Å². The third-order valence-corrected chi connectivity index (χ3v) is 4.36. The zero-order valence-corrected chi connectivity index (χ0v) is 12.5. The average Bonchev–Trinajstić information content (AvgIpc) is 2.92. The van der Waals surface area contributed by atoms with E-state index in [-0.39, 0.29) is 28.9 Å². The minimum absolute atomic E-state index is 0.0381. The topological polar surface area (TPSA) is 73.6 Å². The Morgan fingerprint density at radius 1 is 1.29 bits per heavy atom. The minimum Gasteiger partial charge on any atom is -0.454 e. The van der Waals surface area contributed by atoms with Crippen LogP contribution >= 0.6 is 0 Å². The minimum atomic E-state index is -0.380. The number of benzene rings is 1. The Kier molecular flexibility index (Phi) is 3.19. The summed E-state index contributed by atoms with van der Waals surface area (Å²) in [6.45, 7) is 6.77. The molecule has 6 nitrogen and oxygen atoms in total. The summed E-state index contributed by atoms with van der Waals surface area (Å²) in [7, 11) is 0. The zero-order chi connectivity index (χ0) is 15.2. The molecule has 1 aromatic rings. The molecule has 21 heavy (non-hydrogen) atoms. The van der Waals surface area contributed by atoms with Crippen LogP contribution < -0.4 is 14.8 Å². The molecule has 1 heterocycles. The summed E-state index contributed by atoms with van der Waals surface area (Å²) in [6.07, 6.45) is 2.11. The van der Waals surface area contributed by atoms with Crippen molar-refractivity contribution in [3.05, 3.63) is 22.2 Å². The van der Waals surface area contributed by atoms with Gasteiger partial charge in [-0.25, -0.2) is 0 Å². The number of fused-ring (bicyclic) bond motifs is 1. The van der Waals surface area contributed by atoms with Gasteiger partial charge >= 0.3 is 0 Å². The molecule has 0 amide bonds. The maximum absolute atomic E-state index is 11.3. The average molecular weight is 292 g/mol. The molecule has 0 bridgehead atoms. The first kappa shape index (κ1) is 14.0. The predicted octanol–water partition coefficient (Wildman–Crippen LogP) is 3.56. The molecule has 0 spiro atoms. The Labute approximate surface area is 123 Å². The molecule has 2 unspecified atom stereocenters. The Morgan fingerprint density at radius 2 is 1.95 bits per heavy atom. The fraction of sp³-hybridized carbons (Fsp3) is 0.600. The van der Waals surface area contributed by atoms with Crippen molar-refractivity contribution in [2.45, 2.75) is 39.7 Å². The van der Waals surface area contributed by atoms with Crippen molar-refractivity contribution >= 4 is 11.4 Å². The van der Waals surface area contributed by atoms with E-state index < -0.39 is 0 Å². The van der Waals surface area contributed by atoms with Gasteiger partial charge in [-0.2, -0.15) is 0 Å². The first-order valence-electron chi connectivity index (χ1n) is 7.20. The van der Waals surface area contributed by atoms with Crippen molar-refractivity contribution in [3.8, 4) is 11.5 Å². The molecule has 1 saturated carbocycles. The smallest absolute Gasteiger partial charge is 0.296 e. The van der Waals surface area contributed by atoms with Crippen molar-refractivity contribution < 1.29 is 14.4 Å². The van der Waals surface area contributed by atoms with Crippen molar-refractivity contribution in [2.24, 2.45) is 11.3 Å². The number of anilines is 1. The number of nitrogens with zero attached hydrogens (tertiary/aromatic N) is 1. The Hall–Kier alpha value is -1.98. The summed E-state index contributed by atoms with van der Waals surface area (Å²) in [5.41, 5.74) is 0.817. The van der Waals surface area contributed by atoms with E-state index >= 15 is 0 Å². The van der Waals surface area contributed by atoms with Crippen LogP contribution in [0.25, 0.3) is 0 Å². The molecule has 1 N–H and O–H groups in total. The summed E-state index contributed by atoms with van der Waals surface area (Å²) >= 11 is 0. The van der Waals surface area contributed by atoms with E-state index in [1.807, 2.05) is 0 Å². The lowest BCUT2D eigenvalue weighted by molar-refractivity contribution is -0.384. The molecular formula is C15H20N2O4. The van der Waals surface area contributed by atoms with Gasteiger partial charge in [0, 0.05) is 12.1 Å². The highest BCUT2D eigenvalue weighted by atomic mass is 16.7. The fourth-order valence-corrected chi connectivity index (χ4v) is 3.48. The van der Waals surface area contributed by atoms with E-state index in [4.69, 9.17) is 9.47 Å². The second kappa shape index (κ2) is 4.79. The Morgan fingerprint density at radius 3 is 2.52 bits per heavy atom.